The normalized spacial score (nSPS) is 13.6. The second-order valence-electron chi connectivity index (χ2n) is 7.87. The summed E-state index contributed by atoms with van der Waals surface area (Å²) in [7, 11) is 0. The van der Waals surface area contributed by atoms with Gasteiger partial charge in [0.15, 0.2) is 6.61 Å². The van der Waals surface area contributed by atoms with Gasteiger partial charge in [0.1, 0.15) is 10.8 Å². The van der Waals surface area contributed by atoms with Gasteiger partial charge in [-0.05, 0) is 42.2 Å². The molecule has 0 saturated carbocycles. The average molecular weight is 465 g/mol. The summed E-state index contributed by atoms with van der Waals surface area (Å²) < 4.78 is 11.1. The number of hydrogen-bond acceptors (Lipinski definition) is 5. The van der Waals surface area contributed by atoms with Crippen molar-refractivity contribution < 1.29 is 19.1 Å². The SMILES string of the molecule is CCc1ccc(OCC(=O)Nc2sc(-c3ccccc3)c(C)c2C(=O)N2CCOCC2)cc1. The first-order chi connectivity index (χ1) is 16.1. The lowest BCUT2D eigenvalue weighted by atomic mass is 10.1. The van der Waals surface area contributed by atoms with E-state index in [9.17, 15) is 9.59 Å². The van der Waals surface area contributed by atoms with Gasteiger partial charge in [0.2, 0.25) is 0 Å². The maximum absolute atomic E-state index is 13.4. The number of amides is 2. The molecular weight excluding hydrogens is 436 g/mol. The molecule has 0 aliphatic carbocycles. The Kier molecular flexibility index (Phi) is 7.42. The van der Waals surface area contributed by atoms with E-state index in [1.807, 2.05) is 61.5 Å². The fourth-order valence-corrected chi connectivity index (χ4v) is 5.00. The van der Waals surface area contributed by atoms with Crippen LogP contribution in [0.2, 0.25) is 0 Å². The molecular formula is C26H28N2O4S. The highest BCUT2D eigenvalue weighted by atomic mass is 32.1. The zero-order valence-corrected chi connectivity index (χ0v) is 19.7. The highest BCUT2D eigenvalue weighted by Gasteiger charge is 2.28. The van der Waals surface area contributed by atoms with Crippen LogP contribution in [-0.2, 0) is 16.0 Å². The van der Waals surface area contributed by atoms with E-state index in [1.165, 1.54) is 16.9 Å². The minimum atomic E-state index is -0.300. The Balaban J connectivity index is 1.55. The molecule has 0 atom stereocenters. The number of morpholine rings is 1. The van der Waals surface area contributed by atoms with Crippen molar-refractivity contribution in [3.05, 3.63) is 71.3 Å². The minimum absolute atomic E-state index is 0.0828. The number of benzene rings is 2. The monoisotopic (exact) mass is 464 g/mol. The number of aryl methyl sites for hydroxylation is 1. The van der Waals surface area contributed by atoms with E-state index in [0.29, 0.717) is 42.6 Å². The van der Waals surface area contributed by atoms with Crippen LogP contribution in [0.1, 0.15) is 28.4 Å². The van der Waals surface area contributed by atoms with Crippen molar-refractivity contribution in [3.8, 4) is 16.2 Å². The molecule has 7 heteroatoms. The largest absolute Gasteiger partial charge is 0.484 e. The van der Waals surface area contributed by atoms with Crippen LogP contribution < -0.4 is 10.1 Å². The third kappa shape index (κ3) is 5.43. The van der Waals surface area contributed by atoms with E-state index in [4.69, 9.17) is 9.47 Å². The smallest absolute Gasteiger partial charge is 0.262 e. The van der Waals surface area contributed by atoms with Crippen LogP contribution in [0.5, 0.6) is 5.75 Å². The molecule has 6 nitrogen and oxygen atoms in total. The maximum atomic E-state index is 13.4. The molecule has 1 aliphatic rings. The predicted octanol–water partition coefficient (Wildman–Crippen LogP) is 4.78. The molecule has 1 aliphatic heterocycles. The number of carbonyl (C=O) groups excluding carboxylic acids is 2. The van der Waals surface area contributed by atoms with Gasteiger partial charge in [0.05, 0.1) is 18.8 Å². The predicted molar refractivity (Wildman–Crippen MR) is 131 cm³/mol. The Labute approximate surface area is 198 Å². The summed E-state index contributed by atoms with van der Waals surface area (Å²) in [5.41, 5.74) is 3.64. The number of anilines is 1. The van der Waals surface area contributed by atoms with E-state index in [2.05, 4.69) is 12.2 Å². The van der Waals surface area contributed by atoms with E-state index < -0.39 is 0 Å². The molecule has 172 valence electrons. The van der Waals surface area contributed by atoms with Crippen molar-refractivity contribution in [3.63, 3.8) is 0 Å². The highest BCUT2D eigenvalue weighted by molar-refractivity contribution is 7.20. The summed E-state index contributed by atoms with van der Waals surface area (Å²) in [6.07, 6.45) is 0.947. The zero-order chi connectivity index (χ0) is 23.2. The van der Waals surface area contributed by atoms with Gasteiger partial charge in [-0.1, -0.05) is 49.4 Å². The Hall–Kier alpha value is -3.16. The number of ether oxygens (including phenoxy) is 2. The van der Waals surface area contributed by atoms with E-state index >= 15 is 0 Å². The van der Waals surface area contributed by atoms with Crippen LogP contribution in [-0.4, -0.2) is 49.6 Å². The average Bonchev–Trinajstić information content (AvgIpc) is 3.19. The summed E-state index contributed by atoms with van der Waals surface area (Å²) in [5, 5.41) is 3.48. The summed E-state index contributed by atoms with van der Waals surface area (Å²) in [6.45, 7) is 6.02. The van der Waals surface area contributed by atoms with Crippen LogP contribution in [0.3, 0.4) is 0 Å². The Bertz CT molecular complexity index is 1100. The molecule has 1 fully saturated rings. The van der Waals surface area contributed by atoms with Crippen LogP contribution in [0.25, 0.3) is 10.4 Å². The molecule has 1 N–H and O–H groups in total. The van der Waals surface area contributed by atoms with Gasteiger partial charge in [-0.25, -0.2) is 0 Å². The molecule has 4 rings (SSSR count). The summed E-state index contributed by atoms with van der Waals surface area (Å²) >= 11 is 1.42. The van der Waals surface area contributed by atoms with Crippen molar-refractivity contribution in [1.29, 1.82) is 0 Å². The van der Waals surface area contributed by atoms with E-state index in [0.717, 1.165) is 22.4 Å². The molecule has 2 aromatic carbocycles. The van der Waals surface area contributed by atoms with Gasteiger partial charge in [-0.3, -0.25) is 9.59 Å². The maximum Gasteiger partial charge on any atom is 0.262 e. The fraction of sp³-hybridized carbons (Fsp3) is 0.308. The molecule has 0 radical (unpaired) electrons. The lowest BCUT2D eigenvalue weighted by molar-refractivity contribution is -0.118. The number of rotatable bonds is 7. The highest BCUT2D eigenvalue weighted by Crippen LogP contribution is 2.40. The second kappa shape index (κ2) is 10.6. The Morgan fingerprint density at radius 1 is 1.06 bits per heavy atom. The molecule has 0 unspecified atom stereocenters. The summed E-state index contributed by atoms with van der Waals surface area (Å²) in [4.78, 5) is 28.9. The minimum Gasteiger partial charge on any atom is -0.484 e. The van der Waals surface area contributed by atoms with E-state index in [1.54, 1.807) is 4.90 Å². The van der Waals surface area contributed by atoms with Crippen molar-refractivity contribution in [2.24, 2.45) is 0 Å². The number of hydrogen-bond donors (Lipinski definition) is 1. The van der Waals surface area contributed by atoms with Crippen molar-refractivity contribution in [2.45, 2.75) is 20.3 Å². The first-order valence-corrected chi connectivity index (χ1v) is 12.0. The third-order valence-corrected chi connectivity index (χ3v) is 6.91. The summed E-state index contributed by atoms with van der Waals surface area (Å²) in [6, 6.07) is 17.6. The second-order valence-corrected chi connectivity index (χ2v) is 8.89. The molecule has 1 saturated heterocycles. The van der Waals surface area contributed by atoms with Gasteiger partial charge >= 0.3 is 0 Å². The van der Waals surface area contributed by atoms with Crippen molar-refractivity contribution in [1.82, 2.24) is 4.90 Å². The van der Waals surface area contributed by atoms with Crippen LogP contribution in [0.4, 0.5) is 5.00 Å². The van der Waals surface area contributed by atoms with Gasteiger partial charge in [-0.2, -0.15) is 0 Å². The van der Waals surface area contributed by atoms with Crippen molar-refractivity contribution in [2.75, 3.05) is 38.2 Å². The summed E-state index contributed by atoms with van der Waals surface area (Å²) in [5.74, 6) is 0.256. The third-order valence-electron chi connectivity index (χ3n) is 5.65. The van der Waals surface area contributed by atoms with Gasteiger partial charge in [0, 0.05) is 18.0 Å². The standard InChI is InChI=1S/C26H28N2O4S/c1-3-19-9-11-21(12-10-19)32-17-22(29)27-25-23(26(30)28-13-15-31-16-14-28)18(2)24(33-25)20-7-5-4-6-8-20/h4-12H,3,13-17H2,1-2H3,(H,27,29). The van der Waals surface area contributed by atoms with E-state index in [-0.39, 0.29) is 18.4 Å². The van der Waals surface area contributed by atoms with Gasteiger partial charge in [-0.15, -0.1) is 11.3 Å². The number of thiophene rings is 1. The zero-order valence-electron chi connectivity index (χ0n) is 18.9. The van der Waals surface area contributed by atoms with Crippen LogP contribution in [0.15, 0.2) is 54.6 Å². The first kappa shape index (κ1) is 23.0. The first-order valence-electron chi connectivity index (χ1n) is 11.1. The topological polar surface area (TPSA) is 67.9 Å². The lowest BCUT2D eigenvalue weighted by Crippen LogP contribution is -2.41. The molecule has 0 spiro atoms. The number of nitrogens with zero attached hydrogens (tertiary/aromatic N) is 1. The van der Waals surface area contributed by atoms with Gasteiger partial charge < -0.3 is 19.7 Å². The Morgan fingerprint density at radius 2 is 1.76 bits per heavy atom. The molecule has 2 amide bonds. The molecule has 3 aromatic rings. The number of nitrogens with one attached hydrogen (secondary N) is 1. The number of carbonyl (C=O) groups is 2. The molecule has 0 bridgehead atoms. The van der Waals surface area contributed by atoms with Crippen LogP contribution >= 0.6 is 11.3 Å². The molecule has 2 heterocycles. The van der Waals surface area contributed by atoms with Crippen LogP contribution in [0, 0.1) is 6.92 Å². The lowest BCUT2D eigenvalue weighted by Gasteiger charge is -2.27. The van der Waals surface area contributed by atoms with Crippen molar-refractivity contribution >= 4 is 28.2 Å². The quantitative estimate of drug-likeness (QED) is 0.547. The van der Waals surface area contributed by atoms with Gasteiger partial charge in [0.25, 0.3) is 11.8 Å². The fourth-order valence-electron chi connectivity index (χ4n) is 3.78. The molecule has 33 heavy (non-hydrogen) atoms. The Morgan fingerprint density at radius 3 is 2.42 bits per heavy atom. The molecule has 1 aromatic heterocycles.